The average molecular weight is 293 g/mol. The second-order valence-corrected chi connectivity index (χ2v) is 6.00. The van der Waals surface area contributed by atoms with Crippen molar-refractivity contribution >= 4 is 0 Å². The Hall–Kier alpha value is -0.960. The molecule has 0 aromatic carbocycles. The minimum absolute atomic E-state index is 0.406. The molecule has 122 valence electrons. The van der Waals surface area contributed by atoms with E-state index in [0.717, 1.165) is 13.0 Å². The van der Waals surface area contributed by atoms with Gasteiger partial charge in [-0.1, -0.05) is 64.0 Å². The third-order valence-electron chi connectivity index (χ3n) is 4.09. The van der Waals surface area contributed by atoms with E-state index in [1.54, 1.807) is 0 Å². The van der Waals surface area contributed by atoms with Gasteiger partial charge in [0, 0.05) is 31.9 Å². The summed E-state index contributed by atoms with van der Waals surface area (Å²) in [7, 11) is 0. The van der Waals surface area contributed by atoms with Gasteiger partial charge in [0.15, 0.2) is 0 Å². The van der Waals surface area contributed by atoms with Gasteiger partial charge < -0.3 is 16.0 Å². The van der Waals surface area contributed by atoms with Crippen LogP contribution in [0.2, 0.25) is 0 Å². The van der Waals surface area contributed by atoms with Crippen LogP contribution in [0.15, 0.2) is 24.6 Å². The van der Waals surface area contributed by atoms with Gasteiger partial charge >= 0.3 is 0 Å². The number of unbranched alkanes of at least 4 members (excludes halogenated alkanes) is 8. The van der Waals surface area contributed by atoms with E-state index in [9.17, 15) is 0 Å². The molecule has 0 fully saturated rings. The Kier molecular flexibility index (Phi) is 11.0. The van der Waals surface area contributed by atoms with Gasteiger partial charge in [-0.25, -0.2) is 0 Å². The number of nitrogens with one attached hydrogen (secondary N) is 1. The average Bonchev–Trinajstić information content (AvgIpc) is 2.92. The number of nitrogens with zero attached hydrogens (tertiary/aromatic N) is 1. The van der Waals surface area contributed by atoms with E-state index < -0.39 is 0 Å². The Balaban J connectivity index is 1.91. The van der Waals surface area contributed by atoms with E-state index in [1.165, 1.54) is 57.8 Å². The van der Waals surface area contributed by atoms with Crippen LogP contribution in [-0.4, -0.2) is 24.2 Å². The molecule has 0 saturated heterocycles. The molecule has 0 spiro atoms. The number of allylic oxidation sites excluding steroid dienone is 1. The van der Waals surface area contributed by atoms with Crippen molar-refractivity contribution in [1.82, 2.24) is 10.2 Å². The Morgan fingerprint density at radius 3 is 2.48 bits per heavy atom. The summed E-state index contributed by atoms with van der Waals surface area (Å²) in [5, 5.41) is 3.37. The molecule has 21 heavy (non-hydrogen) atoms. The molecule has 0 bridgehead atoms. The molecule has 0 aromatic rings. The first-order valence-electron chi connectivity index (χ1n) is 8.92. The largest absolute Gasteiger partial charge is 0.370 e. The Bertz CT molecular complexity index is 286. The van der Waals surface area contributed by atoms with Crippen molar-refractivity contribution in [3.05, 3.63) is 24.6 Å². The summed E-state index contributed by atoms with van der Waals surface area (Å²) in [6.07, 6.45) is 22.7. The molecule has 1 aliphatic rings. The van der Waals surface area contributed by atoms with Gasteiger partial charge in [0.25, 0.3) is 0 Å². The smallest absolute Gasteiger partial charge is 0.102 e. The van der Waals surface area contributed by atoms with Crippen LogP contribution in [0.4, 0.5) is 0 Å². The highest BCUT2D eigenvalue weighted by molar-refractivity contribution is 4.98. The monoisotopic (exact) mass is 293 g/mol. The highest BCUT2D eigenvalue weighted by Crippen LogP contribution is 2.11. The topological polar surface area (TPSA) is 41.3 Å². The summed E-state index contributed by atoms with van der Waals surface area (Å²) in [5.74, 6) is 0. The van der Waals surface area contributed by atoms with Crippen LogP contribution in [0, 0.1) is 0 Å². The molecule has 3 nitrogen and oxygen atoms in total. The SMILES string of the molecule is CCCCCCCCCC/C=C/CC1NC=CN1CCN. The lowest BCUT2D eigenvalue weighted by Gasteiger charge is -2.23. The summed E-state index contributed by atoms with van der Waals surface area (Å²) < 4.78 is 0. The molecule has 0 aromatic heterocycles. The van der Waals surface area contributed by atoms with Crippen LogP contribution in [0.1, 0.15) is 71.1 Å². The predicted octanol–water partition coefficient (Wildman–Crippen LogP) is 4.12. The van der Waals surface area contributed by atoms with Gasteiger partial charge in [0.05, 0.1) is 0 Å². The molecular formula is C18H35N3. The van der Waals surface area contributed by atoms with Crippen molar-refractivity contribution in [2.45, 2.75) is 77.3 Å². The summed E-state index contributed by atoms with van der Waals surface area (Å²) >= 11 is 0. The lowest BCUT2D eigenvalue weighted by atomic mass is 10.1. The number of rotatable bonds is 13. The van der Waals surface area contributed by atoms with Crippen molar-refractivity contribution in [3.8, 4) is 0 Å². The fraction of sp³-hybridized carbons (Fsp3) is 0.778. The fourth-order valence-electron chi connectivity index (χ4n) is 2.77. The van der Waals surface area contributed by atoms with Crippen molar-refractivity contribution in [2.24, 2.45) is 5.73 Å². The summed E-state index contributed by atoms with van der Waals surface area (Å²) in [6, 6.07) is 0. The normalized spacial score (nSPS) is 17.8. The third kappa shape index (κ3) is 8.82. The minimum atomic E-state index is 0.406. The second kappa shape index (κ2) is 12.8. The molecule has 1 aliphatic heterocycles. The number of nitrogens with two attached hydrogens (primary N) is 1. The number of hydrogen-bond donors (Lipinski definition) is 2. The lowest BCUT2D eigenvalue weighted by Crippen LogP contribution is -2.37. The molecule has 1 atom stereocenters. The Morgan fingerprint density at radius 1 is 1.05 bits per heavy atom. The summed E-state index contributed by atoms with van der Waals surface area (Å²) in [5.41, 5.74) is 5.61. The Labute approximate surface area is 131 Å². The van der Waals surface area contributed by atoms with Gasteiger partial charge in [0.1, 0.15) is 6.17 Å². The maximum absolute atomic E-state index is 5.61. The van der Waals surface area contributed by atoms with Crippen molar-refractivity contribution < 1.29 is 0 Å². The molecule has 1 rings (SSSR count). The maximum Gasteiger partial charge on any atom is 0.102 e. The molecule has 1 unspecified atom stereocenters. The highest BCUT2D eigenvalue weighted by Gasteiger charge is 2.15. The summed E-state index contributed by atoms with van der Waals surface area (Å²) in [4.78, 5) is 2.28. The van der Waals surface area contributed by atoms with Crippen LogP contribution in [0.25, 0.3) is 0 Å². The maximum atomic E-state index is 5.61. The fourth-order valence-corrected chi connectivity index (χ4v) is 2.77. The van der Waals surface area contributed by atoms with E-state index in [2.05, 4.69) is 35.5 Å². The molecule has 3 heteroatoms. The number of hydrogen-bond acceptors (Lipinski definition) is 3. The van der Waals surface area contributed by atoms with Crippen LogP contribution in [0.5, 0.6) is 0 Å². The van der Waals surface area contributed by atoms with Gasteiger partial charge in [-0.2, -0.15) is 0 Å². The molecule has 0 aliphatic carbocycles. The van der Waals surface area contributed by atoms with Gasteiger partial charge in [-0.3, -0.25) is 0 Å². The van der Waals surface area contributed by atoms with Crippen molar-refractivity contribution in [2.75, 3.05) is 13.1 Å². The van der Waals surface area contributed by atoms with E-state index in [0.29, 0.717) is 12.7 Å². The molecule has 3 N–H and O–H groups in total. The minimum Gasteiger partial charge on any atom is -0.370 e. The first kappa shape index (κ1) is 18.1. The van der Waals surface area contributed by atoms with E-state index in [1.807, 2.05) is 6.20 Å². The molecule has 0 amide bonds. The predicted molar refractivity (Wildman–Crippen MR) is 92.8 cm³/mol. The molecular weight excluding hydrogens is 258 g/mol. The first-order valence-corrected chi connectivity index (χ1v) is 8.92. The van der Waals surface area contributed by atoms with Gasteiger partial charge in [-0.15, -0.1) is 0 Å². The van der Waals surface area contributed by atoms with Crippen molar-refractivity contribution in [3.63, 3.8) is 0 Å². The zero-order chi connectivity index (χ0) is 15.2. The van der Waals surface area contributed by atoms with Crippen LogP contribution < -0.4 is 11.1 Å². The van der Waals surface area contributed by atoms with E-state index in [4.69, 9.17) is 5.73 Å². The molecule has 0 radical (unpaired) electrons. The van der Waals surface area contributed by atoms with E-state index >= 15 is 0 Å². The quantitative estimate of drug-likeness (QED) is 0.396. The molecule has 0 saturated carbocycles. The second-order valence-electron chi connectivity index (χ2n) is 6.00. The zero-order valence-corrected chi connectivity index (χ0v) is 13.9. The standard InChI is InChI=1S/C18H35N3/c1-2-3-4-5-6-7-8-9-10-11-12-13-18-20-15-17-21(18)16-14-19/h11-12,15,17-18,20H,2-10,13-14,16,19H2,1H3/b12-11+. The Morgan fingerprint density at radius 2 is 1.76 bits per heavy atom. The van der Waals surface area contributed by atoms with Crippen LogP contribution in [-0.2, 0) is 0 Å². The van der Waals surface area contributed by atoms with Crippen LogP contribution >= 0.6 is 0 Å². The van der Waals surface area contributed by atoms with Gasteiger partial charge in [-0.05, 0) is 12.8 Å². The third-order valence-corrected chi connectivity index (χ3v) is 4.09. The molecule has 1 heterocycles. The van der Waals surface area contributed by atoms with Gasteiger partial charge in [0.2, 0.25) is 0 Å². The summed E-state index contributed by atoms with van der Waals surface area (Å²) in [6.45, 7) is 3.92. The lowest BCUT2D eigenvalue weighted by molar-refractivity contribution is 0.287. The van der Waals surface area contributed by atoms with E-state index in [-0.39, 0.29) is 0 Å². The van der Waals surface area contributed by atoms with Crippen molar-refractivity contribution in [1.29, 1.82) is 0 Å². The van der Waals surface area contributed by atoms with Crippen LogP contribution in [0.3, 0.4) is 0 Å². The first-order chi connectivity index (χ1) is 10.4. The zero-order valence-electron chi connectivity index (χ0n) is 13.9. The highest BCUT2D eigenvalue weighted by atomic mass is 15.3.